The van der Waals surface area contributed by atoms with Crippen molar-refractivity contribution in [3.8, 4) is 17.0 Å². The number of rotatable bonds is 7. The van der Waals surface area contributed by atoms with Gasteiger partial charge in [-0.1, -0.05) is 0 Å². The lowest BCUT2D eigenvalue weighted by Gasteiger charge is -2.26. The van der Waals surface area contributed by atoms with E-state index in [0.29, 0.717) is 42.6 Å². The van der Waals surface area contributed by atoms with E-state index in [9.17, 15) is 9.90 Å². The zero-order valence-electron chi connectivity index (χ0n) is 17.8. The predicted octanol–water partition coefficient (Wildman–Crippen LogP) is 2.23. The summed E-state index contributed by atoms with van der Waals surface area (Å²) < 4.78 is 19.1. The molecule has 0 bridgehead atoms. The third-order valence-electron chi connectivity index (χ3n) is 5.46. The number of nitrogens with one attached hydrogen (secondary N) is 1. The van der Waals surface area contributed by atoms with Crippen LogP contribution in [0.4, 0.5) is 5.82 Å². The number of methoxy groups -OCH3 is 1. The van der Waals surface area contributed by atoms with Gasteiger partial charge in [0.25, 0.3) is 0 Å². The second kappa shape index (κ2) is 8.62. The van der Waals surface area contributed by atoms with Gasteiger partial charge in [-0.25, -0.2) is 9.97 Å². The molecule has 1 aliphatic rings. The quantitative estimate of drug-likeness (QED) is 0.596. The molecule has 164 valence electrons. The summed E-state index contributed by atoms with van der Waals surface area (Å²) in [5.74, 6) is 0.871. The molecule has 9 heteroatoms. The van der Waals surface area contributed by atoms with Gasteiger partial charge in [0.1, 0.15) is 23.8 Å². The Kier molecular flexibility index (Phi) is 5.90. The molecule has 4 heterocycles. The van der Waals surface area contributed by atoms with Crippen LogP contribution in [0.1, 0.15) is 19.0 Å². The zero-order valence-corrected chi connectivity index (χ0v) is 17.8. The minimum atomic E-state index is -0.652. The highest BCUT2D eigenvalue weighted by Gasteiger charge is 2.39. The summed E-state index contributed by atoms with van der Waals surface area (Å²) in [5, 5.41) is 12.8. The van der Waals surface area contributed by atoms with Crippen molar-refractivity contribution in [2.75, 3.05) is 38.9 Å². The number of aliphatic hydroxyl groups excluding tert-OH is 1. The van der Waals surface area contributed by atoms with Crippen LogP contribution in [0.3, 0.4) is 0 Å². The molecule has 0 spiro atoms. The van der Waals surface area contributed by atoms with E-state index in [0.717, 1.165) is 16.5 Å². The first-order chi connectivity index (χ1) is 15.0. The van der Waals surface area contributed by atoms with Crippen molar-refractivity contribution in [2.45, 2.75) is 18.9 Å². The predicted molar refractivity (Wildman–Crippen MR) is 115 cm³/mol. The van der Waals surface area contributed by atoms with E-state index >= 15 is 0 Å². The molecule has 3 aromatic rings. The number of amides is 1. The fourth-order valence-electron chi connectivity index (χ4n) is 3.87. The first-order valence-corrected chi connectivity index (χ1v) is 10.1. The maximum atomic E-state index is 11.5. The largest absolute Gasteiger partial charge is 0.491 e. The molecule has 0 aromatic carbocycles. The van der Waals surface area contributed by atoms with Crippen LogP contribution in [-0.2, 0) is 26.9 Å². The van der Waals surface area contributed by atoms with E-state index in [1.54, 1.807) is 13.3 Å². The molecule has 1 atom stereocenters. The number of carbonyl (C=O) groups is 1. The number of hydrogen-bond donors (Lipinski definition) is 2. The van der Waals surface area contributed by atoms with Crippen molar-refractivity contribution in [3.05, 3.63) is 36.3 Å². The molecule has 9 nitrogen and oxygen atoms in total. The van der Waals surface area contributed by atoms with Crippen molar-refractivity contribution in [3.63, 3.8) is 0 Å². The summed E-state index contributed by atoms with van der Waals surface area (Å²) in [4.78, 5) is 20.7. The molecule has 31 heavy (non-hydrogen) atoms. The third kappa shape index (κ3) is 4.12. The lowest BCUT2D eigenvalue weighted by molar-refractivity contribution is -0.114. The smallest absolute Gasteiger partial charge is 0.222 e. The number of nitrogens with zero attached hydrogens (tertiary/aromatic N) is 3. The number of aryl methyl sites for hydroxylation is 1. The monoisotopic (exact) mass is 426 g/mol. The van der Waals surface area contributed by atoms with Crippen LogP contribution in [-0.4, -0.2) is 59.1 Å². The fourth-order valence-corrected chi connectivity index (χ4v) is 3.87. The fraction of sp³-hybridized carbons (Fsp3) is 0.409. The third-order valence-corrected chi connectivity index (χ3v) is 5.46. The Morgan fingerprint density at radius 1 is 1.39 bits per heavy atom. The van der Waals surface area contributed by atoms with Crippen molar-refractivity contribution >= 4 is 22.6 Å². The van der Waals surface area contributed by atoms with E-state index in [1.165, 1.54) is 6.92 Å². The SMILES string of the molecule is COC1(c2cc(OCCO)cc(-c3cn(C)c4cnc(NC(C)=O)cc34)n2)CCOC1. The highest BCUT2D eigenvalue weighted by Crippen LogP contribution is 2.38. The topological polar surface area (TPSA) is 108 Å². The summed E-state index contributed by atoms with van der Waals surface area (Å²) in [6.45, 7) is 2.52. The number of pyridine rings is 2. The first kappa shape index (κ1) is 21.2. The number of anilines is 1. The molecule has 0 saturated carbocycles. The van der Waals surface area contributed by atoms with E-state index in [1.807, 2.05) is 36.0 Å². The minimum absolute atomic E-state index is 0.0917. The molecule has 1 fully saturated rings. The average molecular weight is 426 g/mol. The van der Waals surface area contributed by atoms with Gasteiger partial charge in [-0.15, -0.1) is 0 Å². The molecule has 1 aliphatic heterocycles. The zero-order chi connectivity index (χ0) is 22.0. The van der Waals surface area contributed by atoms with E-state index < -0.39 is 5.60 Å². The minimum Gasteiger partial charge on any atom is -0.491 e. The lowest BCUT2D eigenvalue weighted by Crippen LogP contribution is -2.30. The summed E-state index contributed by atoms with van der Waals surface area (Å²) in [6, 6.07) is 5.51. The molecular formula is C22H26N4O5. The normalized spacial score (nSPS) is 18.5. The van der Waals surface area contributed by atoms with Gasteiger partial charge in [0.15, 0.2) is 0 Å². The van der Waals surface area contributed by atoms with Crippen LogP contribution in [0.5, 0.6) is 5.75 Å². The molecule has 4 rings (SSSR count). The van der Waals surface area contributed by atoms with Gasteiger partial charge in [0, 0.05) is 63.4 Å². The molecule has 2 N–H and O–H groups in total. The van der Waals surface area contributed by atoms with Crippen LogP contribution in [0.2, 0.25) is 0 Å². The van der Waals surface area contributed by atoms with Gasteiger partial charge >= 0.3 is 0 Å². The second-order valence-electron chi connectivity index (χ2n) is 7.57. The number of aliphatic hydroxyl groups is 1. The van der Waals surface area contributed by atoms with Crippen LogP contribution < -0.4 is 10.1 Å². The van der Waals surface area contributed by atoms with Crippen LogP contribution in [0, 0.1) is 0 Å². The number of aromatic nitrogens is 3. The second-order valence-corrected chi connectivity index (χ2v) is 7.57. The van der Waals surface area contributed by atoms with Crippen LogP contribution in [0.15, 0.2) is 30.6 Å². The standard InChI is InChI=1S/C22H26N4O5/c1-14(28)24-21-10-16-17(12-26(2)19(16)11-23-21)18-8-15(31-7-5-27)9-20(25-18)22(29-3)4-6-30-13-22/h8-12,27H,4-7,13H2,1-3H3,(H,23,24,28). The number of ether oxygens (including phenoxy) is 3. The van der Waals surface area contributed by atoms with Crippen molar-refractivity contribution < 1.29 is 24.1 Å². The Hall–Kier alpha value is -3.01. The van der Waals surface area contributed by atoms with Gasteiger partial charge in [0.05, 0.1) is 36.3 Å². The van der Waals surface area contributed by atoms with Crippen molar-refractivity contribution in [1.29, 1.82) is 0 Å². The molecular weight excluding hydrogens is 400 g/mol. The number of fused-ring (bicyclic) bond motifs is 1. The van der Waals surface area contributed by atoms with Crippen LogP contribution in [0.25, 0.3) is 22.2 Å². The van der Waals surface area contributed by atoms with E-state index in [2.05, 4.69) is 10.3 Å². The molecule has 3 aromatic heterocycles. The van der Waals surface area contributed by atoms with E-state index in [-0.39, 0.29) is 19.1 Å². The molecule has 0 radical (unpaired) electrons. The van der Waals surface area contributed by atoms with Gasteiger partial charge < -0.3 is 29.2 Å². The summed E-state index contributed by atoms with van der Waals surface area (Å²) in [5.41, 5.74) is 2.53. The Morgan fingerprint density at radius 2 is 2.23 bits per heavy atom. The number of carbonyl (C=O) groups excluding carboxylic acids is 1. The Morgan fingerprint density at radius 3 is 2.90 bits per heavy atom. The summed E-state index contributed by atoms with van der Waals surface area (Å²) in [6.07, 6.45) is 4.38. The Labute approximate surface area is 180 Å². The Balaban J connectivity index is 1.87. The van der Waals surface area contributed by atoms with E-state index in [4.69, 9.17) is 19.2 Å². The van der Waals surface area contributed by atoms with Gasteiger partial charge in [-0.2, -0.15) is 0 Å². The van der Waals surface area contributed by atoms with Gasteiger partial charge in [0.2, 0.25) is 5.91 Å². The molecule has 1 unspecified atom stereocenters. The molecule has 1 amide bonds. The molecule has 0 aliphatic carbocycles. The maximum Gasteiger partial charge on any atom is 0.222 e. The number of hydrogen-bond acceptors (Lipinski definition) is 7. The Bertz CT molecular complexity index is 1100. The van der Waals surface area contributed by atoms with Crippen molar-refractivity contribution in [1.82, 2.24) is 14.5 Å². The molecule has 1 saturated heterocycles. The highest BCUT2D eigenvalue weighted by molar-refractivity contribution is 5.98. The maximum absolute atomic E-state index is 11.5. The highest BCUT2D eigenvalue weighted by atomic mass is 16.5. The summed E-state index contributed by atoms with van der Waals surface area (Å²) >= 11 is 0. The van der Waals surface area contributed by atoms with Crippen molar-refractivity contribution in [2.24, 2.45) is 7.05 Å². The summed E-state index contributed by atoms with van der Waals surface area (Å²) in [7, 11) is 3.58. The average Bonchev–Trinajstić information content (AvgIpc) is 3.37. The lowest BCUT2D eigenvalue weighted by atomic mass is 9.96. The van der Waals surface area contributed by atoms with Gasteiger partial charge in [-0.3, -0.25) is 4.79 Å². The van der Waals surface area contributed by atoms with Crippen LogP contribution >= 0.6 is 0 Å². The van der Waals surface area contributed by atoms with Gasteiger partial charge in [-0.05, 0) is 6.07 Å². The first-order valence-electron chi connectivity index (χ1n) is 10.1.